The molecule has 0 saturated carbocycles. The molecule has 0 unspecified atom stereocenters. The number of carbonyl (C=O) groups is 2. The summed E-state index contributed by atoms with van der Waals surface area (Å²) in [5, 5.41) is 0.0427. The normalized spacial score (nSPS) is 16.3. The van der Waals surface area contributed by atoms with Crippen molar-refractivity contribution in [3.63, 3.8) is 0 Å². The van der Waals surface area contributed by atoms with Crippen molar-refractivity contribution >= 4 is 40.6 Å². The highest BCUT2D eigenvalue weighted by atomic mass is 35.5. The summed E-state index contributed by atoms with van der Waals surface area (Å²) in [5.41, 5.74) is 0.645. The average molecular weight is 340 g/mol. The van der Waals surface area contributed by atoms with E-state index in [9.17, 15) is 9.59 Å². The summed E-state index contributed by atoms with van der Waals surface area (Å²) in [7, 11) is 2.99. The molecule has 0 spiro atoms. The number of nitrogens with zero attached hydrogens (tertiary/aromatic N) is 1. The molecular formula is C15H14ClNO4S. The molecule has 1 fully saturated rings. The second-order valence-electron chi connectivity index (χ2n) is 4.32. The molecule has 22 heavy (non-hydrogen) atoms. The van der Waals surface area contributed by atoms with Gasteiger partial charge in [-0.3, -0.25) is 14.5 Å². The van der Waals surface area contributed by atoms with Gasteiger partial charge in [0.15, 0.2) is 11.5 Å². The van der Waals surface area contributed by atoms with Crippen LogP contribution >= 0.6 is 23.4 Å². The van der Waals surface area contributed by atoms with E-state index in [4.69, 9.17) is 21.1 Å². The Labute approximate surface area is 137 Å². The molecule has 0 N–H and O–H groups in total. The molecule has 0 aromatic heterocycles. The zero-order valence-electron chi connectivity index (χ0n) is 12.1. The van der Waals surface area contributed by atoms with Crippen LogP contribution in [0.4, 0.5) is 4.79 Å². The summed E-state index contributed by atoms with van der Waals surface area (Å²) < 4.78 is 10.4. The minimum Gasteiger partial charge on any atom is -0.493 e. The Kier molecular flexibility index (Phi) is 5.15. The molecule has 1 aliphatic rings. The van der Waals surface area contributed by atoms with Crippen LogP contribution in [0, 0.1) is 0 Å². The highest BCUT2D eigenvalue weighted by molar-refractivity contribution is 8.18. The summed E-state index contributed by atoms with van der Waals surface area (Å²) >= 11 is 7.01. The molecule has 1 heterocycles. The molecule has 116 valence electrons. The fraction of sp³-hybridized carbons (Fsp3) is 0.200. The van der Waals surface area contributed by atoms with E-state index < -0.39 is 0 Å². The topological polar surface area (TPSA) is 55.8 Å². The van der Waals surface area contributed by atoms with Crippen molar-refractivity contribution in [2.75, 3.05) is 20.8 Å². The SMILES string of the molecule is C=CCN1C(=O)S/C(=C\c2cc(Cl)c(OC)c(OC)c2)C1=O. The maximum absolute atomic E-state index is 12.2. The average Bonchev–Trinajstić information content (AvgIpc) is 2.74. The maximum Gasteiger partial charge on any atom is 0.293 e. The first-order valence-corrected chi connectivity index (χ1v) is 7.49. The molecule has 7 heteroatoms. The van der Waals surface area contributed by atoms with E-state index in [1.165, 1.54) is 20.3 Å². The van der Waals surface area contributed by atoms with Gasteiger partial charge in [0.25, 0.3) is 11.1 Å². The Morgan fingerprint density at radius 3 is 2.64 bits per heavy atom. The Morgan fingerprint density at radius 2 is 2.05 bits per heavy atom. The van der Waals surface area contributed by atoms with Crippen LogP contribution in [0.25, 0.3) is 6.08 Å². The number of halogens is 1. The van der Waals surface area contributed by atoms with Crippen LogP contribution in [0.1, 0.15) is 5.56 Å². The van der Waals surface area contributed by atoms with Gasteiger partial charge in [-0.05, 0) is 35.5 Å². The zero-order chi connectivity index (χ0) is 16.3. The number of amides is 2. The second kappa shape index (κ2) is 6.89. The molecule has 1 saturated heterocycles. The van der Waals surface area contributed by atoms with Gasteiger partial charge in [0, 0.05) is 6.54 Å². The van der Waals surface area contributed by atoms with Crippen LogP contribution in [-0.4, -0.2) is 36.8 Å². The third-order valence-electron chi connectivity index (χ3n) is 2.94. The van der Waals surface area contributed by atoms with E-state index >= 15 is 0 Å². The highest BCUT2D eigenvalue weighted by Gasteiger charge is 2.34. The zero-order valence-corrected chi connectivity index (χ0v) is 13.7. The molecule has 0 atom stereocenters. The maximum atomic E-state index is 12.2. The van der Waals surface area contributed by atoms with Crippen molar-refractivity contribution in [2.24, 2.45) is 0 Å². The number of hydrogen-bond donors (Lipinski definition) is 0. The quantitative estimate of drug-likeness (QED) is 0.606. The van der Waals surface area contributed by atoms with E-state index in [-0.39, 0.29) is 17.7 Å². The number of benzene rings is 1. The molecule has 0 aliphatic carbocycles. The fourth-order valence-corrected chi connectivity index (χ4v) is 3.10. The van der Waals surface area contributed by atoms with Crippen molar-refractivity contribution in [3.05, 3.63) is 40.3 Å². The number of carbonyl (C=O) groups excluding carboxylic acids is 2. The molecule has 2 rings (SSSR count). The highest BCUT2D eigenvalue weighted by Crippen LogP contribution is 2.38. The van der Waals surface area contributed by atoms with Crippen molar-refractivity contribution in [1.29, 1.82) is 0 Å². The molecule has 1 aliphatic heterocycles. The lowest BCUT2D eigenvalue weighted by Gasteiger charge is -2.10. The molecule has 5 nitrogen and oxygen atoms in total. The van der Waals surface area contributed by atoms with Crippen LogP contribution in [0.2, 0.25) is 5.02 Å². The summed E-state index contributed by atoms with van der Waals surface area (Å²) in [5.74, 6) is 0.522. The van der Waals surface area contributed by atoms with Gasteiger partial charge in [-0.25, -0.2) is 0 Å². The van der Waals surface area contributed by atoms with Crippen LogP contribution in [0.3, 0.4) is 0 Å². The lowest BCUT2D eigenvalue weighted by Crippen LogP contribution is -2.27. The Hall–Kier alpha value is -1.92. The molecule has 0 bridgehead atoms. The third kappa shape index (κ3) is 3.13. The number of methoxy groups -OCH3 is 2. The standard InChI is InChI=1S/C15H14ClNO4S/c1-4-5-17-14(18)12(22-15(17)19)8-9-6-10(16)13(21-3)11(7-9)20-2/h4,6-8H,1,5H2,2-3H3/b12-8-. The minimum atomic E-state index is -0.346. The van der Waals surface area contributed by atoms with Gasteiger partial charge in [-0.2, -0.15) is 0 Å². The van der Waals surface area contributed by atoms with E-state index in [1.54, 1.807) is 18.2 Å². The Bertz CT molecular complexity index is 672. The summed E-state index contributed by atoms with van der Waals surface area (Å²) in [4.78, 5) is 25.4. The number of ether oxygens (including phenoxy) is 2. The van der Waals surface area contributed by atoms with Crippen LogP contribution < -0.4 is 9.47 Å². The number of hydrogen-bond acceptors (Lipinski definition) is 5. The predicted octanol–water partition coefficient (Wildman–Crippen LogP) is 3.58. The van der Waals surface area contributed by atoms with Gasteiger partial charge >= 0.3 is 0 Å². The summed E-state index contributed by atoms with van der Waals surface area (Å²) in [6.45, 7) is 3.72. The van der Waals surface area contributed by atoms with Crippen molar-refractivity contribution < 1.29 is 19.1 Å². The lowest BCUT2D eigenvalue weighted by atomic mass is 10.2. The van der Waals surface area contributed by atoms with Crippen molar-refractivity contribution in [1.82, 2.24) is 4.90 Å². The van der Waals surface area contributed by atoms with Crippen LogP contribution in [-0.2, 0) is 4.79 Å². The number of rotatable bonds is 5. The van der Waals surface area contributed by atoms with Crippen molar-refractivity contribution in [3.8, 4) is 11.5 Å². The molecule has 1 aromatic carbocycles. The van der Waals surface area contributed by atoms with E-state index in [2.05, 4.69) is 6.58 Å². The van der Waals surface area contributed by atoms with Crippen LogP contribution in [0.5, 0.6) is 11.5 Å². The summed E-state index contributed by atoms with van der Waals surface area (Å²) in [6.07, 6.45) is 3.11. The monoisotopic (exact) mass is 339 g/mol. The first-order chi connectivity index (χ1) is 10.5. The van der Waals surface area contributed by atoms with Crippen molar-refractivity contribution in [2.45, 2.75) is 0 Å². The number of imide groups is 1. The second-order valence-corrected chi connectivity index (χ2v) is 5.72. The first-order valence-electron chi connectivity index (χ1n) is 6.29. The molecule has 2 amide bonds. The van der Waals surface area contributed by atoms with Gasteiger partial charge in [0.05, 0.1) is 24.1 Å². The first kappa shape index (κ1) is 16.5. The number of thioether (sulfide) groups is 1. The van der Waals surface area contributed by atoms with Gasteiger partial charge in [-0.15, -0.1) is 6.58 Å². The van der Waals surface area contributed by atoms with Gasteiger partial charge in [-0.1, -0.05) is 17.7 Å². The smallest absolute Gasteiger partial charge is 0.293 e. The molecule has 1 aromatic rings. The summed E-state index contributed by atoms with van der Waals surface area (Å²) in [6, 6.07) is 3.33. The van der Waals surface area contributed by atoms with Gasteiger partial charge in [0.2, 0.25) is 0 Å². The Morgan fingerprint density at radius 1 is 1.32 bits per heavy atom. The van der Waals surface area contributed by atoms with Crippen LogP contribution in [0.15, 0.2) is 29.7 Å². The van der Waals surface area contributed by atoms with E-state index in [1.807, 2.05) is 0 Å². The predicted molar refractivity (Wildman–Crippen MR) is 87.4 cm³/mol. The van der Waals surface area contributed by atoms with Gasteiger partial charge < -0.3 is 9.47 Å². The van der Waals surface area contributed by atoms with Gasteiger partial charge in [0.1, 0.15) is 0 Å². The Balaban J connectivity index is 2.38. The molecule has 0 radical (unpaired) electrons. The lowest BCUT2D eigenvalue weighted by molar-refractivity contribution is -0.122. The third-order valence-corrected chi connectivity index (χ3v) is 4.13. The molecular weight excluding hydrogens is 326 g/mol. The van der Waals surface area contributed by atoms with E-state index in [0.717, 1.165) is 16.7 Å². The van der Waals surface area contributed by atoms with E-state index in [0.29, 0.717) is 27.0 Å². The largest absolute Gasteiger partial charge is 0.493 e. The fourth-order valence-electron chi connectivity index (χ4n) is 1.96. The minimum absolute atomic E-state index is 0.189.